The molecular weight excluding hydrogens is 495 g/mol. The van der Waals surface area contributed by atoms with Crippen LogP contribution in [-0.2, 0) is 23.8 Å². The first-order chi connectivity index (χ1) is 18.2. The van der Waals surface area contributed by atoms with E-state index >= 15 is 0 Å². The van der Waals surface area contributed by atoms with E-state index in [1.54, 1.807) is 29.2 Å². The average Bonchev–Trinajstić information content (AvgIpc) is 3.36. The third-order valence-electron chi connectivity index (χ3n) is 7.33. The van der Waals surface area contributed by atoms with Crippen molar-refractivity contribution >= 4 is 17.7 Å². The molecule has 6 nitrogen and oxygen atoms in total. The zero-order valence-electron chi connectivity index (χ0n) is 20.9. The van der Waals surface area contributed by atoms with Crippen LogP contribution in [0, 0.1) is 0 Å². The number of amides is 2. The number of anilines is 1. The van der Waals surface area contributed by atoms with Gasteiger partial charge in [-0.3, -0.25) is 9.69 Å². The van der Waals surface area contributed by atoms with E-state index in [-0.39, 0.29) is 12.0 Å². The Bertz CT molecular complexity index is 1330. The number of benzene rings is 3. The molecule has 1 saturated heterocycles. The van der Waals surface area contributed by atoms with Gasteiger partial charge in [0.2, 0.25) is 0 Å². The summed E-state index contributed by atoms with van der Waals surface area (Å²) in [6, 6.07) is 18.0. The van der Waals surface area contributed by atoms with Crippen molar-refractivity contribution in [3.63, 3.8) is 0 Å². The first-order valence-electron chi connectivity index (χ1n) is 12.5. The Labute approximate surface area is 219 Å². The fourth-order valence-electron chi connectivity index (χ4n) is 5.30. The molecule has 198 valence electrons. The van der Waals surface area contributed by atoms with Crippen LogP contribution >= 0.6 is 0 Å². The lowest BCUT2D eigenvalue weighted by molar-refractivity contribution is -0.137. The van der Waals surface area contributed by atoms with Gasteiger partial charge in [0, 0.05) is 43.5 Å². The third kappa shape index (κ3) is 5.38. The molecule has 0 radical (unpaired) electrons. The van der Waals surface area contributed by atoms with Crippen LogP contribution in [0.3, 0.4) is 0 Å². The minimum absolute atomic E-state index is 0.292. The topological polar surface area (TPSA) is 61.9 Å². The zero-order valence-corrected chi connectivity index (χ0v) is 20.9. The zero-order chi connectivity index (χ0) is 26.9. The second kappa shape index (κ2) is 10.5. The largest absolute Gasteiger partial charge is 0.453 e. The van der Waals surface area contributed by atoms with Crippen LogP contribution in [0.15, 0.2) is 66.7 Å². The summed E-state index contributed by atoms with van der Waals surface area (Å²) < 4.78 is 43.7. The standard InChI is InChI=1S/C29H28F3N3O3/c1-38-28(37)35-14-12-34(13-15-35)24-17-20-8-11-23(16-21(20)18-24)33-27(36)26-5-3-2-4-25(26)19-6-9-22(10-7-19)29(30,31)32/h2-11,16,24H,12-15,17-18H2,1H3,(H,33,36). The predicted octanol–water partition coefficient (Wildman–Crippen LogP) is 5.48. The van der Waals surface area contributed by atoms with E-state index in [9.17, 15) is 22.8 Å². The molecule has 0 bridgehead atoms. The fraction of sp³-hybridized carbons (Fsp3) is 0.310. The van der Waals surface area contributed by atoms with Gasteiger partial charge in [0.1, 0.15) is 0 Å². The van der Waals surface area contributed by atoms with Crippen LogP contribution < -0.4 is 5.32 Å². The molecule has 3 aromatic carbocycles. The summed E-state index contributed by atoms with van der Waals surface area (Å²) in [7, 11) is 1.39. The summed E-state index contributed by atoms with van der Waals surface area (Å²) in [5.41, 5.74) is 3.85. The van der Waals surface area contributed by atoms with Gasteiger partial charge in [0.15, 0.2) is 0 Å². The van der Waals surface area contributed by atoms with Crippen LogP contribution in [-0.4, -0.2) is 61.1 Å². The number of fused-ring (bicyclic) bond motifs is 1. The quantitative estimate of drug-likeness (QED) is 0.492. The second-order valence-electron chi connectivity index (χ2n) is 9.61. The smallest absolute Gasteiger partial charge is 0.416 e. The molecule has 1 aliphatic heterocycles. The lowest BCUT2D eigenvalue weighted by Gasteiger charge is -2.37. The third-order valence-corrected chi connectivity index (χ3v) is 7.33. The van der Waals surface area contributed by atoms with E-state index < -0.39 is 11.7 Å². The summed E-state index contributed by atoms with van der Waals surface area (Å²) in [6.45, 7) is 2.86. The molecule has 1 atom stereocenters. The first-order valence-corrected chi connectivity index (χ1v) is 12.5. The average molecular weight is 524 g/mol. The summed E-state index contributed by atoms with van der Waals surface area (Å²) >= 11 is 0. The molecule has 1 N–H and O–H groups in total. The van der Waals surface area contributed by atoms with E-state index in [1.807, 2.05) is 18.2 Å². The number of hydrogen-bond donors (Lipinski definition) is 1. The number of alkyl halides is 3. The number of piperazine rings is 1. The molecule has 0 aromatic heterocycles. The number of carbonyl (C=O) groups excluding carboxylic acids is 2. The van der Waals surface area contributed by atoms with Crippen molar-refractivity contribution in [3.8, 4) is 11.1 Å². The van der Waals surface area contributed by atoms with Gasteiger partial charge in [-0.15, -0.1) is 0 Å². The monoisotopic (exact) mass is 523 g/mol. The van der Waals surface area contributed by atoms with Crippen LogP contribution in [0.5, 0.6) is 0 Å². The SMILES string of the molecule is COC(=O)N1CCN(C2Cc3ccc(NC(=O)c4ccccc4-c4ccc(C(F)(F)F)cc4)cc3C2)CC1. The molecule has 3 aromatic rings. The molecule has 5 rings (SSSR count). The number of ether oxygens (including phenoxy) is 1. The van der Waals surface area contributed by atoms with Gasteiger partial charge in [-0.1, -0.05) is 36.4 Å². The molecule has 1 unspecified atom stereocenters. The minimum Gasteiger partial charge on any atom is -0.453 e. The van der Waals surface area contributed by atoms with E-state index in [1.165, 1.54) is 30.4 Å². The van der Waals surface area contributed by atoms with Gasteiger partial charge in [-0.05, 0) is 65.4 Å². The molecular formula is C29H28F3N3O3. The number of rotatable bonds is 4. The fourth-order valence-corrected chi connectivity index (χ4v) is 5.30. The van der Waals surface area contributed by atoms with Crippen molar-refractivity contribution in [1.82, 2.24) is 9.80 Å². The van der Waals surface area contributed by atoms with Gasteiger partial charge >= 0.3 is 12.3 Å². The van der Waals surface area contributed by atoms with Crippen molar-refractivity contribution in [2.75, 3.05) is 38.6 Å². The van der Waals surface area contributed by atoms with E-state index in [2.05, 4.69) is 10.2 Å². The van der Waals surface area contributed by atoms with E-state index in [4.69, 9.17) is 4.74 Å². The van der Waals surface area contributed by atoms with Gasteiger partial charge in [-0.25, -0.2) is 4.79 Å². The highest BCUT2D eigenvalue weighted by Crippen LogP contribution is 2.33. The Morgan fingerprint density at radius 2 is 1.58 bits per heavy atom. The summed E-state index contributed by atoms with van der Waals surface area (Å²) in [6.07, 6.45) is -2.93. The normalized spacial score (nSPS) is 17.7. The Morgan fingerprint density at radius 3 is 2.26 bits per heavy atom. The number of methoxy groups -OCH3 is 1. The Hall–Kier alpha value is -3.85. The first kappa shape index (κ1) is 25.8. The molecule has 0 saturated carbocycles. The van der Waals surface area contributed by atoms with Crippen LogP contribution in [0.25, 0.3) is 11.1 Å². The Kier molecular flexibility index (Phi) is 7.12. The summed E-state index contributed by atoms with van der Waals surface area (Å²) in [5.74, 6) is -0.325. The molecule has 2 aliphatic rings. The predicted molar refractivity (Wildman–Crippen MR) is 138 cm³/mol. The molecule has 1 fully saturated rings. The number of nitrogens with zero attached hydrogens (tertiary/aromatic N) is 2. The molecule has 9 heteroatoms. The van der Waals surface area contributed by atoms with Crippen molar-refractivity contribution in [2.45, 2.75) is 25.1 Å². The minimum atomic E-state index is -4.42. The van der Waals surface area contributed by atoms with Crippen LogP contribution in [0.2, 0.25) is 0 Å². The summed E-state index contributed by atoms with van der Waals surface area (Å²) in [4.78, 5) is 29.1. The summed E-state index contributed by atoms with van der Waals surface area (Å²) in [5, 5.41) is 2.96. The second-order valence-corrected chi connectivity index (χ2v) is 9.61. The number of halogens is 3. The molecule has 2 amide bonds. The maximum absolute atomic E-state index is 13.2. The van der Waals surface area contributed by atoms with Crippen LogP contribution in [0.4, 0.5) is 23.7 Å². The highest BCUT2D eigenvalue weighted by atomic mass is 19.4. The number of carbonyl (C=O) groups is 2. The van der Waals surface area contributed by atoms with E-state index in [0.29, 0.717) is 41.5 Å². The molecule has 0 spiro atoms. The maximum atomic E-state index is 13.2. The highest BCUT2D eigenvalue weighted by Gasteiger charge is 2.31. The lowest BCUT2D eigenvalue weighted by atomic mass is 9.98. The van der Waals surface area contributed by atoms with Gasteiger partial charge < -0.3 is 15.0 Å². The highest BCUT2D eigenvalue weighted by molar-refractivity contribution is 6.08. The molecule has 1 aliphatic carbocycles. The lowest BCUT2D eigenvalue weighted by Crippen LogP contribution is -2.52. The van der Waals surface area contributed by atoms with Crippen molar-refractivity contribution in [2.24, 2.45) is 0 Å². The van der Waals surface area contributed by atoms with Crippen molar-refractivity contribution in [1.29, 1.82) is 0 Å². The van der Waals surface area contributed by atoms with Gasteiger partial charge in [0.05, 0.1) is 12.7 Å². The number of nitrogens with one attached hydrogen (secondary N) is 1. The Morgan fingerprint density at radius 1 is 0.895 bits per heavy atom. The molecule has 38 heavy (non-hydrogen) atoms. The van der Waals surface area contributed by atoms with Crippen molar-refractivity contribution < 1.29 is 27.5 Å². The Balaban J connectivity index is 1.26. The van der Waals surface area contributed by atoms with Gasteiger partial charge in [-0.2, -0.15) is 13.2 Å². The van der Waals surface area contributed by atoms with Crippen LogP contribution in [0.1, 0.15) is 27.0 Å². The number of hydrogen-bond acceptors (Lipinski definition) is 4. The molecule has 1 heterocycles. The van der Waals surface area contributed by atoms with Crippen molar-refractivity contribution in [3.05, 3.63) is 89.0 Å². The van der Waals surface area contributed by atoms with Gasteiger partial charge in [0.25, 0.3) is 5.91 Å². The maximum Gasteiger partial charge on any atom is 0.416 e. The van der Waals surface area contributed by atoms with E-state index in [0.717, 1.165) is 38.1 Å².